The molecular formula is C15H12N2O3S. The summed E-state index contributed by atoms with van der Waals surface area (Å²) in [6.45, 7) is 0.208. The third-order valence-corrected chi connectivity index (χ3v) is 3.74. The quantitative estimate of drug-likeness (QED) is 0.785. The largest absolute Gasteiger partial charge is 0.486 e. The Bertz CT molecular complexity index is 750. The molecule has 21 heavy (non-hydrogen) atoms. The number of hydrogen-bond acceptors (Lipinski definition) is 5. The predicted octanol–water partition coefficient (Wildman–Crippen LogP) is 3.08. The highest BCUT2D eigenvalue weighted by molar-refractivity contribution is 7.13. The number of carbonyl (C=O) groups excluding carboxylic acids is 1. The highest BCUT2D eigenvalue weighted by atomic mass is 32.1. The Hall–Kier alpha value is -2.60. The van der Waals surface area contributed by atoms with Crippen molar-refractivity contribution < 1.29 is 14.1 Å². The van der Waals surface area contributed by atoms with Crippen LogP contribution in [0.2, 0.25) is 0 Å². The minimum atomic E-state index is -0.523. The summed E-state index contributed by atoms with van der Waals surface area (Å²) in [7, 11) is 0. The van der Waals surface area contributed by atoms with E-state index >= 15 is 0 Å². The monoisotopic (exact) mass is 300 g/mol. The first-order chi connectivity index (χ1) is 10.2. The lowest BCUT2D eigenvalue weighted by Gasteiger charge is -2.07. The van der Waals surface area contributed by atoms with Crippen LogP contribution in [-0.4, -0.2) is 11.1 Å². The first-order valence-corrected chi connectivity index (χ1v) is 7.13. The molecule has 0 atom stereocenters. The van der Waals surface area contributed by atoms with Crippen LogP contribution >= 0.6 is 11.3 Å². The lowest BCUT2D eigenvalue weighted by molar-refractivity contribution is 0.0996. The molecule has 0 unspecified atom stereocenters. The van der Waals surface area contributed by atoms with Gasteiger partial charge in [0.1, 0.15) is 18.1 Å². The van der Waals surface area contributed by atoms with Gasteiger partial charge in [0.05, 0.1) is 10.4 Å². The molecule has 3 aromatic rings. The van der Waals surface area contributed by atoms with Gasteiger partial charge in [0.2, 0.25) is 0 Å². The smallest absolute Gasteiger partial charge is 0.252 e. The number of carbonyl (C=O) groups is 1. The van der Waals surface area contributed by atoms with Gasteiger partial charge in [-0.3, -0.25) is 4.79 Å². The topological polar surface area (TPSA) is 78.4 Å². The molecule has 2 aromatic heterocycles. The van der Waals surface area contributed by atoms with E-state index in [1.165, 1.54) is 0 Å². The van der Waals surface area contributed by atoms with Crippen molar-refractivity contribution in [2.45, 2.75) is 6.61 Å². The van der Waals surface area contributed by atoms with Crippen molar-refractivity contribution in [3.8, 4) is 16.4 Å². The van der Waals surface area contributed by atoms with Crippen molar-refractivity contribution in [2.75, 3.05) is 0 Å². The van der Waals surface area contributed by atoms with Gasteiger partial charge in [-0.25, -0.2) is 0 Å². The van der Waals surface area contributed by atoms with Crippen LogP contribution in [0.1, 0.15) is 16.1 Å². The Balaban J connectivity index is 1.73. The molecule has 5 nitrogen and oxygen atoms in total. The van der Waals surface area contributed by atoms with Crippen molar-refractivity contribution >= 4 is 17.2 Å². The minimum Gasteiger partial charge on any atom is -0.486 e. The molecule has 0 aliphatic carbocycles. The van der Waals surface area contributed by atoms with E-state index in [1.54, 1.807) is 35.6 Å². The molecule has 0 fully saturated rings. The van der Waals surface area contributed by atoms with E-state index in [9.17, 15) is 4.79 Å². The van der Waals surface area contributed by atoms with Crippen LogP contribution in [0.15, 0.2) is 52.4 Å². The van der Waals surface area contributed by atoms with Crippen LogP contribution in [0.25, 0.3) is 10.6 Å². The van der Waals surface area contributed by atoms with E-state index in [-0.39, 0.29) is 6.61 Å². The predicted molar refractivity (Wildman–Crippen MR) is 79.1 cm³/mol. The van der Waals surface area contributed by atoms with Gasteiger partial charge in [0, 0.05) is 6.07 Å². The van der Waals surface area contributed by atoms with Gasteiger partial charge in [-0.05, 0) is 23.6 Å². The molecule has 0 radical (unpaired) electrons. The number of primary amides is 1. The van der Waals surface area contributed by atoms with E-state index in [2.05, 4.69) is 5.16 Å². The number of para-hydroxylation sites is 1. The first kappa shape index (κ1) is 13.4. The molecule has 0 saturated heterocycles. The summed E-state index contributed by atoms with van der Waals surface area (Å²) in [6.07, 6.45) is 0. The second-order valence-electron chi connectivity index (χ2n) is 4.31. The van der Waals surface area contributed by atoms with Gasteiger partial charge < -0.3 is 15.0 Å². The number of amides is 1. The van der Waals surface area contributed by atoms with E-state index in [1.807, 2.05) is 23.6 Å². The van der Waals surface area contributed by atoms with Gasteiger partial charge in [-0.2, -0.15) is 0 Å². The Morgan fingerprint density at radius 3 is 2.90 bits per heavy atom. The van der Waals surface area contributed by atoms with Gasteiger partial charge in [0.25, 0.3) is 5.91 Å². The van der Waals surface area contributed by atoms with Crippen LogP contribution < -0.4 is 10.5 Å². The number of rotatable bonds is 5. The summed E-state index contributed by atoms with van der Waals surface area (Å²) < 4.78 is 10.9. The Morgan fingerprint density at radius 2 is 2.14 bits per heavy atom. The van der Waals surface area contributed by atoms with Crippen LogP contribution in [0, 0.1) is 0 Å². The van der Waals surface area contributed by atoms with Gasteiger partial charge in [-0.15, -0.1) is 11.3 Å². The minimum absolute atomic E-state index is 0.208. The van der Waals surface area contributed by atoms with Crippen molar-refractivity contribution in [2.24, 2.45) is 5.73 Å². The lowest BCUT2D eigenvalue weighted by atomic mass is 10.2. The molecule has 2 heterocycles. The maximum absolute atomic E-state index is 11.3. The molecule has 6 heteroatoms. The zero-order chi connectivity index (χ0) is 14.7. The van der Waals surface area contributed by atoms with Crippen molar-refractivity contribution in [3.63, 3.8) is 0 Å². The number of nitrogens with zero attached hydrogens (tertiary/aromatic N) is 1. The van der Waals surface area contributed by atoms with Crippen LogP contribution in [0.5, 0.6) is 5.75 Å². The van der Waals surface area contributed by atoms with E-state index < -0.39 is 5.91 Å². The normalized spacial score (nSPS) is 10.5. The van der Waals surface area contributed by atoms with E-state index in [0.717, 1.165) is 4.88 Å². The first-order valence-electron chi connectivity index (χ1n) is 6.25. The van der Waals surface area contributed by atoms with Gasteiger partial charge >= 0.3 is 0 Å². The SMILES string of the molecule is NC(=O)c1ccccc1OCc1cc(-c2cccs2)on1. The number of nitrogens with two attached hydrogens (primary N) is 1. The van der Waals surface area contributed by atoms with E-state index in [0.29, 0.717) is 22.8 Å². The molecule has 0 spiro atoms. The number of thiophene rings is 1. The fraction of sp³-hybridized carbons (Fsp3) is 0.0667. The van der Waals surface area contributed by atoms with Crippen LogP contribution in [-0.2, 0) is 6.61 Å². The molecule has 0 aliphatic heterocycles. The van der Waals surface area contributed by atoms with Gasteiger partial charge in [-0.1, -0.05) is 23.4 Å². The highest BCUT2D eigenvalue weighted by Gasteiger charge is 2.11. The summed E-state index contributed by atoms with van der Waals surface area (Å²) in [5.41, 5.74) is 6.30. The number of benzene rings is 1. The molecule has 1 aromatic carbocycles. The molecule has 0 aliphatic rings. The highest BCUT2D eigenvalue weighted by Crippen LogP contribution is 2.26. The number of aromatic nitrogens is 1. The summed E-state index contributed by atoms with van der Waals surface area (Å²) in [5, 5.41) is 5.92. The van der Waals surface area contributed by atoms with Crippen molar-refractivity contribution in [3.05, 3.63) is 59.1 Å². The molecule has 106 valence electrons. The maximum atomic E-state index is 11.3. The summed E-state index contributed by atoms with van der Waals surface area (Å²) in [6, 6.07) is 12.6. The summed E-state index contributed by atoms with van der Waals surface area (Å²) in [4.78, 5) is 12.3. The Morgan fingerprint density at radius 1 is 1.29 bits per heavy atom. The number of ether oxygens (including phenoxy) is 1. The molecule has 3 rings (SSSR count). The lowest BCUT2D eigenvalue weighted by Crippen LogP contribution is -2.12. The third kappa shape index (κ3) is 2.95. The van der Waals surface area contributed by atoms with Gasteiger partial charge in [0.15, 0.2) is 5.76 Å². The average Bonchev–Trinajstić information content (AvgIpc) is 3.16. The van der Waals surface area contributed by atoms with Crippen molar-refractivity contribution in [1.29, 1.82) is 0 Å². The average molecular weight is 300 g/mol. The third-order valence-electron chi connectivity index (χ3n) is 2.85. The second-order valence-corrected chi connectivity index (χ2v) is 5.26. The fourth-order valence-electron chi connectivity index (χ4n) is 1.86. The molecule has 2 N–H and O–H groups in total. The molecule has 1 amide bonds. The second kappa shape index (κ2) is 5.80. The zero-order valence-electron chi connectivity index (χ0n) is 11.0. The fourth-order valence-corrected chi connectivity index (χ4v) is 2.54. The van der Waals surface area contributed by atoms with Crippen LogP contribution in [0.3, 0.4) is 0 Å². The Kier molecular flexibility index (Phi) is 3.70. The molecular weight excluding hydrogens is 288 g/mol. The van der Waals surface area contributed by atoms with Crippen LogP contribution in [0.4, 0.5) is 0 Å². The summed E-state index contributed by atoms with van der Waals surface area (Å²) in [5.74, 6) is 0.613. The standard InChI is InChI=1S/C15H12N2O3S/c16-15(18)11-4-1-2-5-12(11)19-9-10-8-13(20-17-10)14-6-3-7-21-14/h1-8H,9H2,(H2,16,18). The maximum Gasteiger partial charge on any atom is 0.252 e. The molecule has 0 bridgehead atoms. The summed E-state index contributed by atoms with van der Waals surface area (Å²) >= 11 is 1.57. The zero-order valence-corrected chi connectivity index (χ0v) is 11.8. The Labute approximate surface area is 124 Å². The molecule has 0 saturated carbocycles. The number of hydrogen-bond donors (Lipinski definition) is 1. The van der Waals surface area contributed by atoms with E-state index in [4.69, 9.17) is 15.0 Å². The van der Waals surface area contributed by atoms with Crippen molar-refractivity contribution in [1.82, 2.24) is 5.16 Å².